The van der Waals surface area contributed by atoms with Gasteiger partial charge in [0.15, 0.2) is 5.75 Å². The number of rotatable bonds is 2. The summed E-state index contributed by atoms with van der Waals surface area (Å²) in [5.74, 6) is 0.535. The quantitative estimate of drug-likeness (QED) is 0.534. The van der Waals surface area contributed by atoms with Crippen molar-refractivity contribution in [2.75, 3.05) is 14.2 Å². The van der Waals surface area contributed by atoms with Crippen molar-refractivity contribution >= 4 is 11.4 Å². The molecule has 0 heterocycles. The monoisotopic (exact) mass is 186 g/mol. The van der Waals surface area contributed by atoms with Crippen LogP contribution in [0.3, 0.4) is 0 Å². The smallest absolute Gasteiger partial charge is 0.300 e. The maximum Gasteiger partial charge on any atom is 0.300 e. The number of nitroso groups, excluding NO2 is 1. The van der Waals surface area contributed by atoms with Crippen molar-refractivity contribution in [1.82, 2.24) is 0 Å². The number of methoxy groups -OCH3 is 1. The van der Waals surface area contributed by atoms with Crippen LogP contribution in [-0.4, -0.2) is 19.3 Å². The van der Waals surface area contributed by atoms with Crippen molar-refractivity contribution in [3.8, 4) is 5.75 Å². The Bertz CT molecular complexity index is 276. The molecule has 5 N–H and O–H groups in total. The summed E-state index contributed by atoms with van der Waals surface area (Å²) >= 11 is 0. The third kappa shape index (κ3) is 3.18. The zero-order valence-electron chi connectivity index (χ0n) is 7.70. The molecule has 1 aromatic rings. The van der Waals surface area contributed by atoms with E-state index in [-0.39, 0.29) is 0 Å². The van der Waals surface area contributed by atoms with E-state index in [9.17, 15) is 4.91 Å². The van der Waals surface area contributed by atoms with Crippen LogP contribution < -0.4 is 15.6 Å². The van der Waals surface area contributed by atoms with Gasteiger partial charge in [-0.15, -0.1) is 0 Å². The lowest BCUT2D eigenvalue weighted by Crippen LogP contribution is -2.56. The number of aliphatic hydroxyl groups is 1. The molecule has 0 saturated carbocycles. The zero-order chi connectivity index (χ0) is 10.3. The van der Waals surface area contributed by atoms with Crippen LogP contribution in [0.2, 0.25) is 0 Å². The molecular weight excluding hydrogens is 172 g/mol. The van der Waals surface area contributed by atoms with Crippen molar-refractivity contribution in [2.24, 2.45) is 0 Å². The molecule has 0 atom stereocenters. The molecule has 1 rings (SSSR count). The average molecular weight is 186 g/mol. The second-order valence-corrected chi connectivity index (χ2v) is 2.14. The first-order valence-corrected chi connectivity index (χ1v) is 3.61. The minimum atomic E-state index is 0.417. The Kier molecular flexibility index (Phi) is 5.42. The van der Waals surface area contributed by atoms with Crippen molar-refractivity contribution in [1.29, 1.82) is 0 Å². The molecule has 0 fully saturated rings. The topological polar surface area (TPSA) is 88.1 Å². The Morgan fingerprint density at radius 3 is 2.54 bits per heavy atom. The normalized spacial score (nSPS) is 8.31. The van der Waals surface area contributed by atoms with E-state index in [1.165, 1.54) is 7.11 Å². The van der Waals surface area contributed by atoms with E-state index >= 15 is 0 Å². The highest BCUT2D eigenvalue weighted by Gasteiger charge is 2.09. The number of hydrogen-bond donors (Lipinski definition) is 3. The van der Waals surface area contributed by atoms with Crippen molar-refractivity contribution in [2.45, 2.75) is 0 Å². The van der Waals surface area contributed by atoms with Gasteiger partial charge >= 0.3 is 5.69 Å². The van der Waals surface area contributed by atoms with E-state index in [1.54, 1.807) is 23.4 Å². The number of nitrogens with one attached hydrogen (secondary N) is 1. The molecule has 72 valence electrons. The second kappa shape index (κ2) is 6.10. The molecule has 0 radical (unpaired) electrons. The molecule has 0 amide bonds. The molecule has 5 heteroatoms. The lowest BCUT2D eigenvalue weighted by atomic mass is 10.2. The van der Waals surface area contributed by atoms with Crippen LogP contribution in [0.15, 0.2) is 18.2 Å². The van der Waals surface area contributed by atoms with E-state index in [0.717, 1.165) is 12.8 Å². The maximum absolute atomic E-state index is 10.3. The number of aliphatic hydroxyl groups excluding tert-OH is 1. The number of hydrogen-bond acceptors (Lipinski definition) is 3. The van der Waals surface area contributed by atoms with E-state index in [0.29, 0.717) is 11.4 Å². The molecule has 5 nitrogen and oxygen atoms in total. The van der Waals surface area contributed by atoms with Gasteiger partial charge in [-0.2, -0.15) is 0 Å². The van der Waals surface area contributed by atoms with E-state index in [4.69, 9.17) is 9.84 Å². The molecule has 13 heavy (non-hydrogen) atoms. The minimum Gasteiger partial charge on any atom is -0.490 e. The fraction of sp³-hybridized carbons (Fsp3) is 0.250. The summed E-state index contributed by atoms with van der Waals surface area (Å²) in [6.45, 7) is 0. The Morgan fingerprint density at radius 1 is 1.46 bits per heavy atom. The maximum atomic E-state index is 10.3. The Labute approximate surface area is 76.1 Å². The van der Waals surface area contributed by atoms with Gasteiger partial charge in [0.1, 0.15) is 5.69 Å². The molecular formula is C8H14N2O3+2. The van der Waals surface area contributed by atoms with Gasteiger partial charge in [0.25, 0.3) is 0 Å². The summed E-state index contributed by atoms with van der Waals surface area (Å²) in [5.41, 5.74) is 4.87. The summed E-state index contributed by atoms with van der Waals surface area (Å²) < 4.78 is 4.90. The fourth-order valence-corrected chi connectivity index (χ4v) is 0.835. The minimum absolute atomic E-state index is 0.417. The molecule has 0 bridgehead atoms. The van der Waals surface area contributed by atoms with Crippen LogP contribution >= 0.6 is 0 Å². The van der Waals surface area contributed by atoms with Gasteiger partial charge in [-0.3, -0.25) is 0 Å². The predicted molar refractivity (Wildman–Crippen MR) is 47.7 cm³/mol. The first kappa shape index (κ1) is 11.5. The highest BCUT2D eigenvalue weighted by atomic mass is 16.5. The van der Waals surface area contributed by atoms with Gasteiger partial charge in [-0.05, 0) is 6.07 Å². The summed E-state index contributed by atoms with van der Waals surface area (Å²) in [7, 11) is 2.51. The number of ether oxygens (including phenoxy) is 1. The Hall–Kier alpha value is -1.46. The van der Waals surface area contributed by atoms with E-state index in [1.807, 2.05) is 0 Å². The standard InChI is InChI=1S/C7H8N2O2.CH4O/c1-11-7-3-2-5(8)4-6(7)9-10;1-2/h2-4H,8H2,1H3;2H,1H3/p+2. The summed E-state index contributed by atoms with van der Waals surface area (Å²) in [4.78, 5) is 10.3. The van der Waals surface area contributed by atoms with Gasteiger partial charge < -0.3 is 15.6 Å². The van der Waals surface area contributed by atoms with Crippen molar-refractivity contribution < 1.29 is 20.8 Å². The predicted octanol–water partition coefficient (Wildman–Crippen LogP) is -1.34. The first-order valence-electron chi connectivity index (χ1n) is 3.61. The van der Waals surface area contributed by atoms with E-state index < -0.39 is 0 Å². The summed E-state index contributed by atoms with van der Waals surface area (Å²) in [5, 5.41) is 8.77. The molecule has 0 unspecified atom stereocenters. The van der Waals surface area contributed by atoms with Gasteiger partial charge in [-0.25, -0.2) is 0 Å². The highest BCUT2D eigenvalue weighted by Crippen LogP contribution is 2.20. The largest absolute Gasteiger partial charge is 0.490 e. The molecule has 0 aromatic heterocycles. The lowest BCUT2D eigenvalue weighted by Gasteiger charge is -1.95. The van der Waals surface area contributed by atoms with Gasteiger partial charge in [0.05, 0.1) is 13.2 Å². The number of benzene rings is 1. The summed E-state index contributed by atoms with van der Waals surface area (Å²) in [6.07, 6.45) is 0. The number of quaternary nitrogens is 1. The average Bonchev–Trinajstić information content (AvgIpc) is 2.20. The van der Waals surface area contributed by atoms with Crippen LogP contribution in [0.4, 0.5) is 11.4 Å². The summed E-state index contributed by atoms with van der Waals surface area (Å²) in [6, 6.07) is 5.11. The zero-order valence-corrected chi connectivity index (χ0v) is 7.70. The van der Waals surface area contributed by atoms with Crippen LogP contribution in [0.1, 0.15) is 0 Å². The molecule has 0 saturated heterocycles. The molecule has 0 spiro atoms. The molecule has 0 aliphatic carbocycles. The van der Waals surface area contributed by atoms with Gasteiger partial charge in [0, 0.05) is 23.3 Å². The van der Waals surface area contributed by atoms with Crippen molar-refractivity contribution in [3.05, 3.63) is 23.1 Å². The van der Waals surface area contributed by atoms with Crippen LogP contribution in [0, 0.1) is 4.91 Å². The van der Waals surface area contributed by atoms with Crippen molar-refractivity contribution in [3.63, 3.8) is 0 Å². The third-order valence-electron chi connectivity index (χ3n) is 1.37. The van der Waals surface area contributed by atoms with Crippen LogP contribution in [-0.2, 0) is 0 Å². The third-order valence-corrected chi connectivity index (χ3v) is 1.37. The van der Waals surface area contributed by atoms with Gasteiger partial charge in [-0.1, -0.05) is 0 Å². The molecule has 1 aromatic carbocycles. The lowest BCUT2D eigenvalue weighted by molar-refractivity contribution is -0.381. The highest BCUT2D eigenvalue weighted by molar-refractivity contribution is 5.51. The molecule has 0 aliphatic heterocycles. The van der Waals surface area contributed by atoms with E-state index in [2.05, 4.69) is 5.73 Å². The van der Waals surface area contributed by atoms with Crippen LogP contribution in [0.25, 0.3) is 0 Å². The SMILES string of the molecule is CO.COc1ccc([NH3+])cc1[NH+]=O. The molecule has 0 aliphatic rings. The Balaban J connectivity index is 0.000000671. The fourth-order valence-electron chi connectivity index (χ4n) is 0.835. The Morgan fingerprint density at radius 2 is 2.08 bits per heavy atom. The first-order chi connectivity index (χ1) is 6.27. The van der Waals surface area contributed by atoms with Gasteiger partial charge in [0.2, 0.25) is 0 Å². The van der Waals surface area contributed by atoms with Crippen LogP contribution in [0.5, 0.6) is 5.75 Å². The second-order valence-electron chi connectivity index (χ2n) is 2.14.